The number of benzene rings is 1. The number of nitrogens with zero attached hydrogens (tertiary/aromatic N) is 2. The molecule has 0 atom stereocenters. The fourth-order valence-corrected chi connectivity index (χ4v) is 2.88. The van der Waals surface area contributed by atoms with Crippen LogP contribution in [0.5, 0.6) is 0 Å². The molecule has 1 heterocycles. The van der Waals surface area contributed by atoms with Gasteiger partial charge in [0.1, 0.15) is 0 Å². The van der Waals surface area contributed by atoms with E-state index in [9.17, 15) is 4.79 Å². The minimum Gasteiger partial charge on any atom is -0.478 e. The van der Waals surface area contributed by atoms with Crippen LogP contribution in [-0.4, -0.2) is 49.2 Å². The third kappa shape index (κ3) is 4.22. The predicted molar refractivity (Wildman–Crippen MR) is 87.0 cm³/mol. The van der Waals surface area contributed by atoms with Crippen molar-refractivity contribution in [3.05, 3.63) is 34.9 Å². The largest absolute Gasteiger partial charge is 0.478 e. The van der Waals surface area contributed by atoms with Gasteiger partial charge in [-0.05, 0) is 50.7 Å². The van der Waals surface area contributed by atoms with Crippen molar-refractivity contribution in [2.45, 2.75) is 18.9 Å². The quantitative estimate of drug-likeness (QED) is 0.869. The average Bonchev–Trinajstić information content (AvgIpc) is 2.46. The van der Waals surface area contributed by atoms with Crippen molar-refractivity contribution in [1.82, 2.24) is 4.90 Å². The Hall–Kier alpha value is -1.52. The predicted octanol–water partition coefficient (Wildman–Crippen LogP) is 2.97. The van der Waals surface area contributed by atoms with Crippen LogP contribution in [0.4, 0.5) is 5.69 Å². The Labute approximate surface area is 130 Å². The molecule has 21 heavy (non-hydrogen) atoms. The van der Waals surface area contributed by atoms with E-state index in [-0.39, 0.29) is 0 Å². The fourth-order valence-electron chi connectivity index (χ4n) is 2.72. The summed E-state index contributed by atoms with van der Waals surface area (Å²) in [4.78, 5) is 15.3. The number of carboxylic acids is 1. The Kier molecular flexibility index (Phi) is 5.26. The molecule has 0 aromatic heterocycles. The van der Waals surface area contributed by atoms with Gasteiger partial charge in [-0.25, -0.2) is 4.79 Å². The first kappa shape index (κ1) is 15.9. The number of aliphatic carboxylic acids is 1. The van der Waals surface area contributed by atoms with Crippen molar-refractivity contribution in [2.75, 3.05) is 32.1 Å². The van der Waals surface area contributed by atoms with E-state index < -0.39 is 5.97 Å². The summed E-state index contributed by atoms with van der Waals surface area (Å²) in [6, 6.07) is 6.19. The monoisotopic (exact) mass is 308 g/mol. The summed E-state index contributed by atoms with van der Waals surface area (Å²) in [5, 5.41) is 9.47. The molecule has 0 amide bonds. The SMILES string of the molecule is CN(C)C1CCN(c2cc(Cl)ccc2/C=C/C(=O)O)CC1. The molecule has 1 fully saturated rings. The van der Waals surface area contributed by atoms with Crippen LogP contribution in [0.2, 0.25) is 5.02 Å². The summed E-state index contributed by atoms with van der Waals surface area (Å²) in [5.74, 6) is -0.942. The van der Waals surface area contributed by atoms with Gasteiger partial charge in [0.2, 0.25) is 0 Å². The number of carboxylic acid groups (broad SMARTS) is 1. The molecule has 0 unspecified atom stereocenters. The van der Waals surface area contributed by atoms with Gasteiger partial charge >= 0.3 is 5.97 Å². The highest BCUT2D eigenvalue weighted by atomic mass is 35.5. The second-order valence-electron chi connectivity index (χ2n) is 5.56. The molecule has 4 nitrogen and oxygen atoms in total. The maximum Gasteiger partial charge on any atom is 0.328 e. The van der Waals surface area contributed by atoms with Gasteiger partial charge in [-0.2, -0.15) is 0 Å². The first-order valence-corrected chi connectivity index (χ1v) is 7.47. The Morgan fingerprint density at radius 1 is 1.38 bits per heavy atom. The van der Waals surface area contributed by atoms with Crippen LogP contribution in [0.25, 0.3) is 6.08 Å². The van der Waals surface area contributed by atoms with Gasteiger partial charge in [0.05, 0.1) is 0 Å². The normalized spacial score (nSPS) is 16.9. The number of hydrogen-bond acceptors (Lipinski definition) is 3. The van der Waals surface area contributed by atoms with Crippen LogP contribution in [-0.2, 0) is 4.79 Å². The number of rotatable bonds is 4. The highest BCUT2D eigenvalue weighted by Gasteiger charge is 2.22. The zero-order valence-electron chi connectivity index (χ0n) is 12.4. The summed E-state index contributed by atoms with van der Waals surface area (Å²) in [7, 11) is 4.22. The molecule has 0 saturated carbocycles. The van der Waals surface area contributed by atoms with Crippen molar-refractivity contribution < 1.29 is 9.90 Å². The molecule has 1 N–H and O–H groups in total. The van der Waals surface area contributed by atoms with E-state index in [4.69, 9.17) is 16.7 Å². The smallest absolute Gasteiger partial charge is 0.328 e. The zero-order chi connectivity index (χ0) is 15.4. The molecule has 1 saturated heterocycles. The molecular formula is C16H21ClN2O2. The molecule has 5 heteroatoms. The maximum absolute atomic E-state index is 10.7. The molecule has 1 aliphatic heterocycles. The van der Waals surface area contributed by atoms with Crippen LogP contribution in [0.15, 0.2) is 24.3 Å². The van der Waals surface area contributed by atoms with Crippen LogP contribution in [0, 0.1) is 0 Å². The van der Waals surface area contributed by atoms with Gasteiger partial charge in [0, 0.05) is 35.9 Å². The molecule has 0 radical (unpaired) electrons. The summed E-state index contributed by atoms with van der Waals surface area (Å²) < 4.78 is 0. The van der Waals surface area contributed by atoms with Crippen LogP contribution >= 0.6 is 11.6 Å². The van der Waals surface area contributed by atoms with E-state index in [0.717, 1.165) is 37.2 Å². The second kappa shape index (κ2) is 6.96. The van der Waals surface area contributed by atoms with Crippen molar-refractivity contribution in [2.24, 2.45) is 0 Å². The van der Waals surface area contributed by atoms with Crippen molar-refractivity contribution in [3.63, 3.8) is 0 Å². The van der Waals surface area contributed by atoms with Crippen LogP contribution in [0.3, 0.4) is 0 Å². The molecule has 1 aromatic carbocycles. The highest BCUT2D eigenvalue weighted by Crippen LogP contribution is 2.29. The summed E-state index contributed by atoms with van der Waals surface area (Å²) in [6.45, 7) is 1.91. The Balaban J connectivity index is 2.19. The topological polar surface area (TPSA) is 43.8 Å². The Morgan fingerprint density at radius 2 is 2.05 bits per heavy atom. The van der Waals surface area contributed by atoms with E-state index in [0.29, 0.717) is 11.1 Å². The fraction of sp³-hybridized carbons (Fsp3) is 0.438. The highest BCUT2D eigenvalue weighted by molar-refractivity contribution is 6.31. The molecule has 2 rings (SSSR count). The van der Waals surface area contributed by atoms with E-state index >= 15 is 0 Å². The van der Waals surface area contributed by atoms with E-state index in [2.05, 4.69) is 23.9 Å². The Bertz CT molecular complexity index is 535. The lowest BCUT2D eigenvalue weighted by Gasteiger charge is -2.37. The summed E-state index contributed by atoms with van der Waals surface area (Å²) in [5.41, 5.74) is 1.90. The standard InChI is InChI=1S/C16H21ClN2O2/c1-18(2)14-7-9-19(10-8-14)15-11-13(17)5-3-12(15)4-6-16(20)21/h3-6,11,14H,7-10H2,1-2H3,(H,20,21)/b6-4+. The maximum atomic E-state index is 10.7. The third-order valence-corrected chi connectivity index (χ3v) is 4.17. The minimum atomic E-state index is -0.942. The molecule has 1 aliphatic rings. The first-order chi connectivity index (χ1) is 9.97. The van der Waals surface area contributed by atoms with Crippen molar-refractivity contribution >= 4 is 29.3 Å². The number of carbonyl (C=O) groups is 1. The van der Waals surface area contributed by atoms with Gasteiger partial charge < -0.3 is 14.9 Å². The minimum absolute atomic E-state index is 0.610. The van der Waals surface area contributed by atoms with Gasteiger partial charge in [0.25, 0.3) is 0 Å². The lowest BCUT2D eigenvalue weighted by Crippen LogP contribution is -2.42. The van der Waals surface area contributed by atoms with Gasteiger partial charge in [-0.1, -0.05) is 17.7 Å². The first-order valence-electron chi connectivity index (χ1n) is 7.09. The van der Waals surface area contributed by atoms with E-state index in [1.54, 1.807) is 12.1 Å². The molecule has 0 aliphatic carbocycles. The lowest BCUT2D eigenvalue weighted by molar-refractivity contribution is -0.131. The van der Waals surface area contributed by atoms with Gasteiger partial charge in [0.15, 0.2) is 0 Å². The van der Waals surface area contributed by atoms with Gasteiger partial charge in [-0.3, -0.25) is 0 Å². The van der Waals surface area contributed by atoms with Crippen molar-refractivity contribution in [1.29, 1.82) is 0 Å². The summed E-state index contributed by atoms with van der Waals surface area (Å²) in [6.07, 6.45) is 4.99. The van der Waals surface area contributed by atoms with Crippen molar-refractivity contribution in [3.8, 4) is 0 Å². The molecule has 1 aromatic rings. The molecule has 114 valence electrons. The molecule has 0 spiro atoms. The molecular weight excluding hydrogens is 288 g/mol. The van der Waals surface area contributed by atoms with E-state index in [1.807, 2.05) is 12.1 Å². The third-order valence-electron chi connectivity index (χ3n) is 3.93. The number of anilines is 1. The summed E-state index contributed by atoms with van der Waals surface area (Å²) >= 11 is 6.10. The van der Waals surface area contributed by atoms with Crippen LogP contribution in [0.1, 0.15) is 18.4 Å². The Morgan fingerprint density at radius 3 is 2.62 bits per heavy atom. The number of piperidine rings is 1. The average molecular weight is 309 g/mol. The van der Waals surface area contributed by atoms with E-state index in [1.165, 1.54) is 6.08 Å². The van der Waals surface area contributed by atoms with Gasteiger partial charge in [-0.15, -0.1) is 0 Å². The zero-order valence-corrected chi connectivity index (χ0v) is 13.2. The number of hydrogen-bond donors (Lipinski definition) is 1. The van der Waals surface area contributed by atoms with Crippen LogP contribution < -0.4 is 4.90 Å². The lowest BCUT2D eigenvalue weighted by atomic mass is 10.0. The second-order valence-corrected chi connectivity index (χ2v) is 5.99. The number of halogens is 1. The molecule has 0 bridgehead atoms.